The Balaban J connectivity index is 1.67. The van der Waals surface area contributed by atoms with Crippen LogP contribution >= 0.6 is 27.7 Å². The average Bonchev–Trinajstić information content (AvgIpc) is 3.11. The molecule has 4 nitrogen and oxygen atoms in total. The standard InChI is InChI=1S/C18H15BrN2O2S/c1-11-2-8-14(9-3-11)20-16(22)15-10-24-17(21(15)18(20)23)12-4-6-13(19)7-5-12/h2-9,15,17H,10H2,1H3/t15-,17+/m1/s1. The number of hydrogen-bond donors (Lipinski definition) is 0. The highest BCUT2D eigenvalue weighted by atomic mass is 79.9. The zero-order chi connectivity index (χ0) is 16.8. The Morgan fingerprint density at radius 2 is 1.71 bits per heavy atom. The number of anilines is 1. The second-order valence-electron chi connectivity index (χ2n) is 5.95. The summed E-state index contributed by atoms with van der Waals surface area (Å²) in [5.74, 6) is 0.504. The molecule has 6 heteroatoms. The zero-order valence-electron chi connectivity index (χ0n) is 13.0. The maximum atomic E-state index is 12.9. The van der Waals surface area contributed by atoms with Crippen molar-refractivity contribution in [2.24, 2.45) is 0 Å². The van der Waals surface area contributed by atoms with Crippen LogP contribution in [0.1, 0.15) is 16.5 Å². The number of nitrogens with zero attached hydrogens (tertiary/aromatic N) is 2. The fraction of sp³-hybridized carbons (Fsp3) is 0.222. The molecule has 0 unspecified atom stereocenters. The Hall–Kier alpha value is -1.79. The van der Waals surface area contributed by atoms with Crippen molar-refractivity contribution in [2.75, 3.05) is 10.7 Å². The van der Waals surface area contributed by atoms with Crippen molar-refractivity contribution >= 4 is 45.3 Å². The van der Waals surface area contributed by atoms with Gasteiger partial charge in [-0.3, -0.25) is 9.69 Å². The number of carbonyl (C=O) groups excluding carboxylic acids is 2. The molecule has 2 heterocycles. The van der Waals surface area contributed by atoms with Crippen LogP contribution in [0.4, 0.5) is 10.5 Å². The van der Waals surface area contributed by atoms with Gasteiger partial charge >= 0.3 is 6.03 Å². The summed E-state index contributed by atoms with van der Waals surface area (Å²) in [7, 11) is 0. The van der Waals surface area contributed by atoms with Crippen LogP contribution in [0.3, 0.4) is 0 Å². The summed E-state index contributed by atoms with van der Waals surface area (Å²) in [5, 5.41) is -0.116. The SMILES string of the molecule is Cc1ccc(N2C(=O)[C@H]3CS[C@@H](c4ccc(Br)cc4)N3C2=O)cc1. The van der Waals surface area contributed by atoms with Crippen molar-refractivity contribution in [3.05, 3.63) is 64.1 Å². The van der Waals surface area contributed by atoms with Crippen molar-refractivity contribution in [2.45, 2.75) is 18.3 Å². The van der Waals surface area contributed by atoms with E-state index in [0.29, 0.717) is 11.4 Å². The first kappa shape index (κ1) is 15.7. The molecule has 0 aliphatic carbocycles. The third-order valence-corrected chi connectivity index (χ3v) is 6.22. The Morgan fingerprint density at radius 1 is 1.04 bits per heavy atom. The number of hydrogen-bond acceptors (Lipinski definition) is 3. The molecule has 0 saturated carbocycles. The lowest BCUT2D eigenvalue weighted by molar-refractivity contribution is -0.119. The van der Waals surface area contributed by atoms with Crippen molar-refractivity contribution in [3.8, 4) is 0 Å². The molecular formula is C18H15BrN2O2S. The molecule has 24 heavy (non-hydrogen) atoms. The Morgan fingerprint density at radius 3 is 2.38 bits per heavy atom. The van der Waals surface area contributed by atoms with Crippen LogP contribution in [0.15, 0.2) is 53.0 Å². The fourth-order valence-electron chi connectivity index (χ4n) is 3.10. The number of fused-ring (bicyclic) bond motifs is 1. The molecule has 2 aromatic carbocycles. The quantitative estimate of drug-likeness (QED) is 0.701. The van der Waals surface area contributed by atoms with E-state index in [2.05, 4.69) is 15.9 Å². The van der Waals surface area contributed by atoms with Gasteiger partial charge < -0.3 is 0 Å². The summed E-state index contributed by atoms with van der Waals surface area (Å²) in [6.07, 6.45) is 0. The number of aryl methyl sites for hydroxylation is 1. The second-order valence-corrected chi connectivity index (χ2v) is 7.98. The third-order valence-electron chi connectivity index (χ3n) is 4.37. The summed E-state index contributed by atoms with van der Waals surface area (Å²) in [6, 6.07) is 14.8. The van der Waals surface area contributed by atoms with Crippen LogP contribution in [0.5, 0.6) is 0 Å². The van der Waals surface area contributed by atoms with E-state index in [1.54, 1.807) is 16.7 Å². The molecule has 2 aliphatic heterocycles. The molecule has 0 bridgehead atoms. The Kier molecular flexibility index (Phi) is 3.89. The predicted octanol–water partition coefficient (Wildman–Crippen LogP) is 4.34. The van der Waals surface area contributed by atoms with Gasteiger partial charge in [-0.25, -0.2) is 9.69 Å². The van der Waals surface area contributed by atoms with Gasteiger partial charge in [0.15, 0.2) is 0 Å². The van der Waals surface area contributed by atoms with Gasteiger partial charge in [-0.1, -0.05) is 45.8 Å². The van der Waals surface area contributed by atoms with E-state index < -0.39 is 0 Å². The molecular weight excluding hydrogens is 388 g/mol. The maximum absolute atomic E-state index is 12.9. The number of thioether (sulfide) groups is 1. The molecule has 0 spiro atoms. The van der Waals surface area contributed by atoms with Crippen LogP contribution in [-0.4, -0.2) is 28.6 Å². The van der Waals surface area contributed by atoms with E-state index in [-0.39, 0.29) is 23.4 Å². The van der Waals surface area contributed by atoms with Gasteiger partial charge in [0, 0.05) is 10.2 Å². The van der Waals surface area contributed by atoms with E-state index in [1.807, 2.05) is 55.5 Å². The first-order valence-electron chi connectivity index (χ1n) is 7.66. The van der Waals surface area contributed by atoms with Crippen molar-refractivity contribution < 1.29 is 9.59 Å². The first-order chi connectivity index (χ1) is 11.6. The van der Waals surface area contributed by atoms with Gasteiger partial charge in [-0.15, -0.1) is 11.8 Å². The fourth-order valence-corrected chi connectivity index (χ4v) is 4.78. The molecule has 122 valence electrons. The largest absolute Gasteiger partial charge is 0.333 e. The first-order valence-corrected chi connectivity index (χ1v) is 9.50. The van der Waals surface area contributed by atoms with Crippen molar-refractivity contribution in [1.82, 2.24) is 4.90 Å². The highest BCUT2D eigenvalue weighted by Gasteiger charge is 2.53. The number of urea groups is 1. The lowest BCUT2D eigenvalue weighted by Crippen LogP contribution is -2.33. The van der Waals surface area contributed by atoms with Crippen LogP contribution in [0, 0.1) is 6.92 Å². The number of halogens is 1. The minimum absolute atomic E-state index is 0.116. The van der Waals surface area contributed by atoms with Gasteiger partial charge in [-0.05, 0) is 36.8 Å². The van der Waals surface area contributed by atoms with Gasteiger partial charge in [0.2, 0.25) is 0 Å². The highest BCUT2D eigenvalue weighted by Crippen LogP contribution is 2.46. The van der Waals surface area contributed by atoms with Crippen molar-refractivity contribution in [1.29, 1.82) is 0 Å². The Labute approximate surface area is 152 Å². The summed E-state index contributed by atoms with van der Waals surface area (Å²) >= 11 is 5.07. The van der Waals surface area contributed by atoms with Gasteiger partial charge in [0.1, 0.15) is 11.4 Å². The molecule has 2 atom stereocenters. The van der Waals surface area contributed by atoms with E-state index in [1.165, 1.54) is 4.90 Å². The second kappa shape index (κ2) is 5.93. The normalized spacial score (nSPS) is 23.1. The minimum Gasteiger partial charge on any atom is -0.295 e. The molecule has 0 radical (unpaired) electrons. The maximum Gasteiger partial charge on any atom is 0.333 e. The van der Waals surface area contributed by atoms with Crippen LogP contribution in [0.25, 0.3) is 0 Å². The number of carbonyl (C=O) groups is 2. The lowest BCUT2D eigenvalue weighted by Gasteiger charge is -2.23. The van der Waals surface area contributed by atoms with E-state index in [0.717, 1.165) is 15.6 Å². The number of amides is 3. The summed E-state index contributed by atoms with van der Waals surface area (Å²) in [6.45, 7) is 1.98. The zero-order valence-corrected chi connectivity index (χ0v) is 15.4. The lowest BCUT2D eigenvalue weighted by atomic mass is 10.2. The molecule has 4 rings (SSSR count). The van der Waals surface area contributed by atoms with E-state index in [9.17, 15) is 9.59 Å². The van der Waals surface area contributed by atoms with Gasteiger partial charge in [0.05, 0.1) is 5.69 Å². The molecule has 2 fully saturated rings. The molecule has 2 saturated heterocycles. The predicted molar refractivity (Wildman–Crippen MR) is 99.0 cm³/mol. The molecule has 3 amide bonds. The molecule has 2 aromatic rings. The van der Waals surface area contributed by atoms with Gasteiger partial charge in [-0.2, -0.15) is 0 Å². The monoisotopic (exact) mass is 402 g/mol. The summed E-state index contributed by atoms with van der Waals surface area (Å²) in [4.78, 5) is 28.7. The number of benzene rings is 2. The molecule has 0 aromatic heterocycles. The highest BCUT2D eigenvalue weighted by molar-refractivity contribution is 9.10. The van der Waals surface area contributed by atoms with Gasteiger partial charge in [0.25, 0.3) is 5.91 Å². The van der Waals surface area contributed by atoms with Crippen molar-refractivity contribution in [3.63, 3.8) is 0 Å². The third kappa shape index (κ3) is 2.45. The smallest absolute Gasteiger partial charge is 0.295 e. The minimum atomic E-state index is -0.377. The van der Waals surface area contributed by atoms with E-state index in [4.69, 9.17) is 0 Å². The molecule has 2 aliphatic rings. The summed E-state index contributed by atoms with van der Waals surface area (Å²) in [5.41, 5.74) is 2.78. The molecule has 0 N–H and O–H groups in total. The van der Waals surface area contributed by atoms with E-state index >= 15 is 0 Å². The average molecular weight is 403 g/mol. The van der Waals surface area contributed by atoms with Crippen LogP contribution < -0.4 is 4.90 Å². The summed E-state index contributed by atoms with van der Waals surface area (Å²) < 4.78 is 0.996. The number of rotatable bonds is 2. The van der Waals surface area contributed by atoms with Crippen LogP contribution in [0.2, 0.25) is 0 Å². The number of imide groups is 1. The Bertz CT molecular complexity index is 807. The van der Waals surface area contributed by atoms with Crippen LogP contribution in [-0.2, 0) is 4.79 Å². The topological polar surface area (TPSA) is 40.6 Å².